The maximum Gasteiger partial charge on any atom is 0.270 e. The van der Waals surface area contributed by atoms with Crippen LogP contribution in [-0.2, 0) is 6.54 Å². The van der Waals surface area contributed by atoms with E-state index in [2.05, 4.69) is 9.80 Å². The fourth-order valence-electron chi connectivity index (χ4n) is 4.51. The molecule has 2 heterocycles. The van der Waals surface area contributed by atoms with E-state index in [0.29, 0.717) is 29.0 Å². The molecule has 0 amide bonds. The number of allylic oxidation sites excluding steroid dienone is 1. The fraction of sp³-hybridized carbons (Fsp3) is 0.222. The minimum atomic E-state index is -0.487. The van der Waals surface area contributed by atoms with Gasteiger partial charge in [-0.15, -0.1) is 0 Å². The van der Waals surface area contributed by atoms with Crippen molar-refractivity contribution in [2.45, 2.75) is 6.54 Å². The summed E-state index contributed by atoms with van der Waals surface area (Å²) in [4.78, 5) is 28.1. The zero-order chi connectivity index (χ0) is 25.2. The van der Waals surface area contributed by atoms with Crippen LogP contribution in [0, 0.1) is 10.1 Å². The predicted molar refractivity (Wildman–Crippen MR) is 135 cm³/mol. The van der Waals surface area contributed by atoms with Crippen LogP contribution in [-0.4, -0.2) is 54.0 Å². The number of ketones is 1. The van der Waals surface area contributed by atoms with E-state index in [-0.39, 0.29) is 23.0 Å². The van der Waals surface area contributed by atoms with E-state index in [1.165, 1.54) is 24.3 Å². The van der Waals surface area contributed by atoms with E-state index in [1.54, 1.807) is 25.3 Å². The first-order valence-electron chi connectivity index (χ1n) is 11.6. The summed E-state index contributed by atoms with van der Waals surface area (Å²) >= 11 is 0. The van der Waals surface area contributed by atoms with Crippen molar-refractivity contribution in [3.63, 3.8) is 0 Å². The smallest absolute Gasteiger partial charge is 0.270 e. The second kappa shape index (κ2) is 9.71. The van der Waals surface area contributed by atoms with Gasteiger partial charge in [0.1, 0.15) is 17.2 Å². The van der Waals surface area contributed by atoms with Crippen LogP contribution in [0.1, 0.15) is 21.5 Å². The number of fused-ring (bicyclic) bond motifs is 1. The van der Waals surface area contributed by atoms with Crippen molar-refractivity contribution in [2.24, 2.45) is 0 Å². The summed E-state index contributed by atoms with van der Waals surface area (Å²) in [6, 6.07) is 17.0. The number of benzene rings is 3. The highest BCUT2D eigenvalue weighted by molar-refractivity contribution is 6.15. The van der Waals surface area contributed by atoms with Crippen molar-refractivity contribution in [2.75, 3.05) is 38.2 Å². The molecule has 3 aromatic rings. The number of phenolic OH excluding ortho intramolecular Hbond substituents is 1. The fourth-order valence-corrected chi connectivity index (χ4v) is 4.51. The largest absolute Gasteiger partial charge is 0.507 e. The van der Waals surface area contributed by atoms with Crippen molar-refractivity contribution in [1.82, 2.24) is 4.90 Å². The number of nitro groups is 1. The summed E-state index contributed by atoms with van der Waals surface area (Å²) in [5.41, 5.74) is 2.47. The van der Waals surface area contributed by atoms with Crippen LogP contribution in [0.15, 0.2) is 66.4 Å². The van der Waals surface area contributed by atoms with Crippen LogP contribution < -0.4 is 14.4 Å². The molecule has 9 nitrogen and oxygen atoms in total. The van der Waals surface area contributed by atoms with Gasteiger partial charge in [-0.1, -0.05) is 12.1 Å². The summed E-state index contributed by atoms with van der Waals surface area (Å²) in [7, 11) is 1.65. The third-order valence-corrected chi connectivity index (χ3v) is 6.49. The third-order valence-electron chi connectivity index (χ3n) is 6.49. The number of non-ortho nitro benzene ring substituents is 1. The van der Waals surface area contributed by atoms with Crippen LogP contribution in [0.2, 0.25) is 0 Å². The summed E-state index contributed by atoms with van der Waals surface area (Å²) in [5, 5.41) is 21.7. The Balaban J connectivity index is 1.31. The van der Waals surface area contributed by atoms with Gasteiger partial charge in [0, 0.05) is 50.5 Å². The Morgan fingerprint density at radius 2 is 1.83 bits per heavy atom. The number of anilines is 1. The van der Waals surface area contributed by atoms with Gasteiger partial charge in [0.25, 0.3) is 5.69 Å². The standard InChI is InChI=1S/C27H25N3O6/c1-35-21-7-5-19(6-8-21)29-13-11-28(12-14-29)17-23-24(31)10-9-22-26(32)25(36-27(22)23)16-18-3-2-4-20(15-18)30(33)34/h2-10,15-16,31H,11-14,17H2,1H3/b25-16-. The van der Waals surface area contributed by atoms with Crippen molar-refractivity contribution < 1.29 is 24.3 Å². The number of piperazine rings is 1. The number of rotatable bonds is 6. The molecule has 0 radical (unpaired) electrons. The Labute approximate surface area is 207 Å². The van der Waals surface area contributed by atoms with Crippen LogP contribution in [0.3, 0.4) is 0 Å². The Hall–Kier alpha value is -4.37. The molecule has 0 bridgehead atoms. The van der Waals surface area contributed by atoms with E-state index in [4.69, 9.17) is 9.47 Å². The number of hydrogen-bond acceptors (Lipinski definition) is 8. The first kappa shape index (κ1) is 23.4. The predicted octanol–water partition coefficient (Wildman–Crippen LogP) is 4.25. The molecule has 0 aliphatic carbocycles. The van der Waals surface area contributed by atoms with Gasteiger partial charge in [-0.3, -0.25) is 19.8 Å². The molecule has 5 rings (SSSR count). The first-order valence-corrected chi connectivity index (χ1v) is 11.6. The zero-order valence-electron chi connectivity index (χ0n) is 19.7. The van der Waals surface area contributed by atoms with Crippen LogP contribution in [0.4, 0.5) is 11.4 Å². The normalized spacial score (nSPS) is 16.6. The molecule has 184 valence electrons. The molecule has 0 aromatic heterocycles. The van der Waals surface area contributed by atoms with Crippen molar-refractivity contribution >= 4 is 23.2 Å². The van der Waals surface area contributed by atoms with Gasteiger partial charge in [-0.05, 0) is 48.0 Å². The number of methoxy groups -OCH3 is 1. The number of carbonyl (C=O) groups is 1. The molecule has 1 saturated heterocycles. The van der Waals surface area contributed by atoms with Crippen molar-refractivity contribution in [1.29, 1.82) is 0 Å². The number of nitrogens with zero attached hydrogens (tertiary/aromatic N) is 3. The average molecular weight is 488 g/mol. The van der Waals surface area contributed by atoms with Crippen molar-refractivity contribution in [3.05, 3.63) is 93.2 Å². The summed E-state index contributed by atoms with van der Waals surface area (Å²) in [6.45, 7) is 3.63. The molecule has 9 heteroatoms. The zero-order valence-corrected chi connectivity index (χ0v) is 19.7. The van der Waals surface area contributed by atoms with Crippen LogP contribution in [0.25, 0.3) is 6.08 Å². The number of hydrogen-bond donors (Lipinski definition) is 1. The third kappa shape index (κ3) is 4.60. The lowest BCUT2D eigenvalue weighted by Crippen LogP contribution is -2.46. The van der Waals surface area contributed by atoms with Gasteiger partial charge in [0.15, 0.2) is 5.76 Å². The monoisotopic (exact) mass is 487 g/mol. The van der Waals surface area contributed by atoms with Gasteiger partial charge in [0.05, 0.1) is 23.2 Å². The van der Waals surface area contributed by atoms with E-state index >= 15 is 0 Å². The highest BCUT2D eigenvalue weighted by atomic mass is 16.6. The highest BCUT2D eigenvalue weighted by Gasteiger charge is 2.32. The van der Waals surface area contributed by atoms with E-state index in [0.717, 1.165) is 37.6 Å². The number of Topliss-reactive ketones (excluding diaryl/α,β-unsaturated/α-hetero) is 1. The molecule has 2 aliphatic heterocycles. The molecule has 0 saturated carbocycles. The number of aromatic hydroxyl groups is 1. The quantitative estimate of drug-likeness (QED) is 0.313. The maximum atomic E-state index is 13.0. The number of ether oxygens (including phenoxy) is 2. The molecule has 1 N–H and O–H groups in total. The van der Waals surface area contributed by atoms with Gasteiger partial charge in [0.2, 0.25) is 5.78 Å². The number of phenols is 1. The van der Waals surface area contributed by atoms with Gasteiger partial charge < -0.3 is 19.5 Å². The molecule has 0 atom stereocenters. The maximum absolute atomic E-state index is 13.0. The van der Waals surface area contributed by atoms with Crippen LogP contribution in [0.5, 0.6) is 17.2 Å². The molecule has 2 aliphatic rings. The van der Waals surface area contributed by atoms with Gasteiger partial charge in [-0.25, -0.2) is 0 Å². The molecule has 1 fully saturated rings. The van der Waals surface area contributed by atoms with E-state index in [1.807, 2.05) is 24.3 Å². The Kier molecular flexibility index (Phi) is 6.30. The van der Waals surface area contributed by atoms with Gasteiger partial charge in [-0.2, -0.15) is 0 Å². The van der Waals surface area contributed by atoms with Gasteiger partial charge >= 0.3 is 0 Å². The Morgan fingerprint density at radius 3 is 2.53 bits per heavy atom. The lowest BCUT2D eigenvalue weighted by atomic mass is 10.0. The number of carbonyl (C=O) groups excluding carboxylic acids is 1. The average Bonchev–Trinajstić information content (AvgIpc) is 3.21. The SMILES string of the molecule is COc1ccc(N2CCN(Cc3c(O)ccc4c3O/C(=C\c3cccc([N+](=O)[O-])c3)C4=O)CC2)cc1. The summed E-state index contributed by atoms with van der Waals surface area (Å²) in [6.07, 6.45) is 1.49. The second-order valence-electron chi connectivity index (χ2n) is 8.69. The molecule has 36 heavy (non-hydrogen) atoms. The molecule has 3 aromatic carbocycles. The molecular formula is C27H25N3O6. The molecule has 0 unspecified atom stereocenters. The topological polar surface area (TPSA) is 105 Å². The highest BCUT2D eigenvalue weighted by Crippen LogP contribution is 2.40. The van der Waals surface area contributed by atoms with E-state index < -0.39 is 4.92 Å². The Morgan fingerprint density at radius 1 is 1.08 bits per heavy atom. The summed E-state index contributed by atoms with van der Waals surface area (Å²) in [5.74, 6) is 0.980. The summed E-state index contributed by atoms with van der Waals surface area (Å²) < 4.78 is 11.2. The lowest BCUT2D eigenvalue weighted by Gasteiger charge is -2.36. The van der Waals surface area contributed by atoms with Crippen LogP contribution >= 0.6 is 0 Å². The Bertz CT molecular complexity index is 1340. The number of nitro benzene ring substituents is 1. The van der Waals surface area contributed by atoms with Crippen molar-refractivity contribution in [3.8, 4) is 17.2 Å². The lowest BCUT2D eigenvalue weighted by molar-refractivity contribution is -0.384. The minimum absolute atomic E-state index is 0.0655. The molecule has 0 spiro atoms. The first-order chi connectivity index (χ1) is 17.4. The second-order valence-corrected chi connectivity index (χ2v) is 8.69. The molecular weight excluding hydrogens is 462 g/mol. The van der Waals surface area contributed by atoms with E-state index in [9.17, 15) is 20.0 Å². The minimum Gasteiger partial charge on any atom is -0.507 e.